The quantitative estimate of drug-likeness (QED) is 0.871. The summed E-state index contributed by atoms with van der Waals surface area (Å²) < 4.78 is 27.3. The minimum absolute atomic E-state index is 0.0716. The number of rotatable bonds is 3. The molecule has 2 aromatic rings. The van der Waals surface area contributed by atoms with Crippen LogP contribution in [0.1, 0.15) is 5.69 Å². The van der Waals surface area contributed by atoms with Gasteiger partial charge in [0.15, 0.2) is 9.84 Å². The lowest BCUT2D eigenvalue weighted by Crippen LogP contribution is -2.03. The van der Waals surface area contributed by atoms with Crippen molar-refractivity contribution in [2.75, 3.05) is 12.0 Å². The third kappa shape index (κ3) is 2.62. The number of anilines is 1. The second-order valence-corrected chi connectivity index (χ2v) is 5.79. The van der Waals surface area contributed by atoms with Crippen LogP contribution in [0, 0.1) is 0 Å². The minimum Gasteiger partial charge on any atom is -0.367 e. The lowest BCUT2D eigenvalue weighted by atomic mass is 10.1. The van der Waals surface area contributed by atoms with Crippen LogP contribution >= 0.6 is 0 Å². The summed E-state index contributed by atoms with van der Waals surface area (Å²) in [6.45, 7) is 0. The molecule has 0 saturated carbocycles. The highest BCUT2D eigenvalue weighted by Crippen LogP contribution is 2.28. The molecule has 2 N–H and O–H groups in total. The highest BCUT2D eigenvalue weighted by Gasteiger charge is 2.19. The number of nitrogen functional groups attached to an aromatic ring is 1. The fraction of sp³-hybridized carbons (Fsp3) is 0.200. The minimum atomic E-state index is -3.20. The number of hydrogen-bond donors (Lipinski definition) is 1. The van der Waals surface area contributed by atoms with Crippen molar-refractivity contribution < 1.29 is 12.9 Å². The second kappa shape index (κ2) is 4.17. The first-order valence-corrected chi connectivity index (χ1v) is 6.86. The van der Waals surface area contributed by atoms with E-state index in [-0.39, 0.29) is 17.3 Å². The zero-order valence-corrected chi connectivity index (χ0v) is 9.94. The van der Waals surface area contributed by atoms with Gasteiger partial charge >= 0.3 is 0 Å². The lowest BCUT2D eigenvalue weighted by Gasteiger charge is -2.00. The number of aromatic nitrogens is 2. The maximum absolute atomic E-state index is 11.3. The third-order valence-corrected chi connectivity index (χ3v) is 2.91. The molecule has 0 spiro atoms. The zero-order valence-electron chi connectivity index (χ0n) is 9.12. The van der Waals surface area contributed by atoms with Crippen LogP contribution in [0.2, 0.25) is 0 Å². The SMILES string of the molecule is CS(=O)(=O)Cc1noc(N)c1-c1ccccn1. The van der Waals surface area contributed by atoms with Gasteiger partial charge in [0.2, 0.25) is 5.88 Å². The van der Waals surface area contributed by atoms with Gasteiger partial charge in [0, 0.05) is 12.5 Å². The fourth-order valence-electron chi connectivity index (χ4n) is 1.47. The van der Waals surface area contributed by atoms with Gasteiger partial charge in [-0.05, 0) is 12.1 Å². The molecular formula is C10H11N3O3S. The van der Waals surface area contributed by atoms with Crippen molar-refractivity contribution in [1.82, 2.24) is 10.1 Å². The molecule has 0 amide bonds. The molecule has 90 valence electrons. The van der Waals surface area contributed by atoms with Gasteiger partial charge in [-0.25, -0.2) is 8.42 Å². The van der Waals surface area contributed by atoms with E-state index in [1.807, 2.05) is 0 Å². The maximum atomic E-state index is 11.3. The van der Waals surface area contributed by atoms with Crippen LogP contribution in [0.15, 0.2) is 28.9 Å². The van der Waals surface area contributed by atoms with E-state index in [4.69, 9.17) is 10.3 Å². The molecule has 2 aromatic heterocycles. The average Bonchev–Trinajstić information content (AvgIpc) is 2.58. The summed E-state index contributed by atoms with van der Waals surface area (Å²) in [7, 11) is -3.20. The number of nitrogens with zero attached hydrogens (tertiary/aromatic N) is 2. The summed E-state index contributed by atoms with van der Waals surface area (Å²) in [6.07, 6.45) is 2.71. The van der Waals surface area contributed by atoms with Crippen molar-refractivity contribution in [3.05, 3.63) is 30.1 Å². The van der Waals surface area contributed by atoms with Crippen LogP contribution in [-0.2, 0) is 15.6 Å². The van der Waals surface area contributed by atoms with Crippen molar-refractivity contribution in [3.63, 3.8) is 0 Å². The van der Waals surface area contributed by atoms with E-state index < -0.39 is 9.84 Å². The molecule has 17 heavy (non-hydrogen) atoms. The Balaban J connectivity index is 2.51. The van der Waals surface area contributed by atoms with E-state index in [0.717, 1.165) is 6.26 Å². The van der Waals surface area contributed by atoms with E-state index >= 15 is 0 Å². The number of sulfone groups is 1. The first-order valence-electron chi connectivity index (χ1n) is 4.80. The van der Waals surface area contributed by atoms with Gasteiger partial charge < -0.3 is 10.3 Å². The normalized spacial score (nSPS) is 11.6. The Kier molecular flexibility index (Phi) is 2.84. The Morgan fingerprint density at radius 3 is 2.76 bits per heavy atom. The van der Waals surface area contributed by atoms with E-state index in [0.29, 0.717) is 11.3 Å². The highest BCUT2D eigenvalue weighted by atomic mass is 32.2. The number of hydrogen-bond acceptors (Lipinski definition) is 6. The van der Waals surface area contributed by atoms with E-state index in [1.54, 1.807) is 24.4 Å². The number of nitrogens with two attached hydrogens (primary N) is 1. The van der Waals surface area contributed by atoms with Crippen molar-refractivity contribution in [3.8, 4) is 11.3 Å². The number of pyridine rings is 1. The first-order chi connectivity index (χ1) is 7.97. The Labute approximate surface area is 98.4 Å². The second-order valence-electron chi connectivity index (χ2n) is 3.65. The molecule has 0 aliphatic carbocycles. The molecule has 0 aliphatic heterocycles. The molecular weight excluding hydrogens is 242 g/mol. The zero-order chi connectivity index (χ0) is 12.5. The van der Waals surface area contributed by atoms with Crippen molar-refractivity contribution >= 4 is 15.7 Å². The molecule has 0 aliphatic rings. The largest absolute Gasteiger partial charge is 0.367 e. The summed E-state index contributed by atoms with van der Waals surface area (Å²) in [5, 5.41) is 3.66. The van der Waals surface area contributed by atoms with Crippen LogP contribution in [-0.4, -0.2) is 24.8 Å². The van der Waals surface area contributed by atoms with Gasteiger partial charge in [-0.1, -0.05) is 11.2 Å². The Hall–Kier alpha value is -1.89. The summed E-state index contributed by atoms with van der Waals surface area (Å²) in [5.74, 6) is -0.151. The molecule has 7 heteroatoms. The Morgan fingerprint density at radius 1 is 1.41 bits per heavy atom. The predicted molar refractivity (Wildman–Crippen MR) is 62.7 cm³/mol. The van der Waals surface area contributed by atoms with Crippen LogP contribution in [0.4, 0.5) is 5.88 Å². The maximum Gasteiger partial charge on any atom is 0.231 e. The smallest absolute Gasteiger partial charge is 0.231 e. The van der Waals surface area contributed by atoms with Gasteiger partial charge in [0.05, 0.1) is 17.0 Å². The fourth-order valence-corrected chi connectivity index (χ4v) is 2.16. The Bertz CT molecular complexity index is 620. The van der Waals surface area contributed by atoms with E-state index in [2.05, 4.69) is 10.1 Å². The highest BCUT2D eigenvalue weighted by molar-refractivity contribution is 7.89. The van der Waals surface area contributed by atoms with Crippen molar-refractivity contribution in [2.45, 2.75) is 5.75 Å². The van der Waals surface area contributed by atoms with Crippen LogP contribution < -0.4 is 5.73 Å². The van der Waals surface area contributed by atoms with Gasteiger partial charge in [0.1, 0.15) is 5.69 Å². The third-order valence-electron chi connectivity index (χ3n) is 2.11. The predicted octanol–water partition coefficient (Wildman–Crippen LogP) is 0.863. The molecule has 0 aromatic carbocycles. The molecule has 6 nitrogen and oxygen atoms in total. The molecule has 2 rings (SSSR count). The van der Waals surface area contributed by atoms with Crippen molar-refractivity contribution in [1.29, 1.82) is 0 Å². The summed E-state index contributed by atoms with van der Waals surface area (Å²) in [6, 6.07) is 5.25. The van der Waals surface area contributed by atoms with E-state index in [9.17, 15) is 8.42 Å². The van der Waals surface area contributed by atoms with Gasteiger partial charge in [-0.2, -0.15) is 0 Å². The first kappa shape index (κ1) is 11.6. The monoisotopic (exact) mass is 253 g/mol. The van der Waals surface area contributed by atoms with Crippen LogP contribution in [0.3, 0.4) is 0 Å². The molecule has 0 bridgehead atoms. The van der Waals surface area contributed by atoms with Gasteiger partial charge in [-0.3, -0.25) is 4.98 Å². The molecule has 2 heterocycles. The molecule has 0 radical (unpaired) electrons. The summed E-state index contributed by atoms with van der Waals surface area (Å²) in [5.41, 5.74) is 6.90. The lowest BCUT2D eigenvalue weighted by molar-refractivity contribution is 0.430. The average molecular weight is 253 g/mol. The Morgan fingerprint density at radius 2 is 2.18 bits per heavy atom. The topological polar surface area (TPSA) is 99.1 Å². The van der Waals surface area contributed by atoms with Crippen molar-refractivity contribution in [2.24, 2.45) is 0 Å². The molecule has 0 saturated heterocycles. The van der Waals surface area contributed by atoms with E-state index in [1.165, 1.54) is 0 Å². The standard InChI is InChI=1S/C10H11N3O3S/c1-17(14,15)6-8-9(10(11)16-13-8)7-4-2-3-5-12-7/h2-5H,6,11H2,1H3. The summed E-state index contributed by atoms with van der Waals surface area (Å²) >= 11 is 0. The van der Waals surface area contributed by atoms with Crippen LogP contribution in [0.25, 0.3) is 11.3 Å². The molecule has 0 unspecified atom stereocenters. The molecule has 0 atom stereocenters. The van der Waals surface area contributed by atoms with Gasteiger partial charge in [0.25, 0.3) is 0 Å². The molecule has 0 fully saturated rings. The summed E-state index contributed by atoms with van der Waals surface area (Å²) in [4.78, 5) is 4.10. The van der Waals surface area contributed by atoms with Crippen LogP contribution in [0.5, 0.6) is 0 Å². The van der Waals surface area contributed by atoms with Gasteiger partial charge in [-0.15, -0.1) is 0 Å².